The second-order valence-corrected chi connectivity index (χ2v) is 8.42. The average Bonchev–Trinajstić information content (AvgIpc) is 3.11. The van der Waals surface area contributed by atoms with Gasteiger partial charge in [0.2, 0.25) is 0 Å². The Morgan fingerprint density at radius 2 is 1.79 bits per heavy atom. The van der Waals surface area contributed by atoms with Gasteiger partial charge >= 0.3 is 6.18 Å². The highest BCUT2D eigenvalue weighted by atomic mass is 19.4. The summed E-state index contributed by atoms with van der Waals surface area (Å²) in [4.78, 5) is 24.2. The summed E-state index contributed by atoms with van der Waals surface area (Å²) in [5.41, 5.74) is 4.37. The van der Waals surface area contributed by atoms with Crippen LogP contribution in [0, 0.1) is 12.8 Å². The van der Waals surface area contributed by atoms with Gasteiger partial charge in [0.1, 0.15) is 12.4 Å². The number of fused-ring (bicyclic) bond motifs is 1. The quantitative estimate of drug-likeness (QED) is 0.379. The van der Waals surface area contributed by atoms with E-state index in [1.165, 1.54) is 0 Å². The van der Waals surface area contributed by atoms with Gasteiger partial charge in [-0.3, -0.25) is 14.8 Å². The van der Waals surface area contributed by atoms with E-state index in [1.807, 2.05) is 0 Å². The highest BCUT2D eigenvalue weighted by molar-refractivity contribution is 6.02. The molecule has 1 aliphatic rings. The molecule has 0 heterocycles. The number of rotatable bonds is 6. The number of hydrogen-bond donors (Lipinski definition) is 2. The number of Topliss-reactive ketones (excluding diaryl/α,β-unsaturated/α-hetero) is 1. The number of hydrogen-bond acceptors (Lipinski definition) is 4. The van der Waals surface area contributed by atoms with E-state index in [9.17, 15) is 22.8 Å². The number of hydroxylamine groups is 1. The summed E-state index contributed by atoms with van der Waals surface area (Å²) in [7, 11) is 0. The van der Waals surface area contributed by atoms with E-state index >= 15 is 0 Å². The van der Waals surface area contributed by atoms with Crippen LogP contribution < -0.4 is 10.2 Å². The molecule has 5 nitrogen and oxygen atoms in total. The Morgan fingerprint density at radius 3 is 2.47 bits per heavy atom. The Morgan fingerprint density at radius 1 is 1.06 bits per heavy atom. The zero-order chi connectivity index (χ0) is 24.5. The molecule has 1 atom stereocenters. The SMILES string of the molecule is Cc1cc(CC2Cc3cc(OCc4ccc(C(=O)NO)cc4)ccc3C2=O)cc(C(F)(F)F)c1. The van der Waals surface area contributed by atoms with Gasteiger partial charge in [0, 0.05) is 17.0 Å². The van der Waals surface area contributed by atoms with Gasteiger partial charge in [0.15, 0.2) is 5.78 Å². The first-order valence-electron chi connectivity index (χ1n) is 10.6. The van der Waals surface area contributed by atoms with Crippen molar-refractivity contribution >= 4 is 11.7 Å². The van der Waals surface area contributed by atoms with Crippen LogP contribution in [0.5, 0.6) is 5.75 Å². The van der Waals surface area contributed by atoms with E-state index in [0.717, 1.165) is 23.3 Å². The summed E-state index contributed by atoms with van der Waals surface area (Å²) in [6.07, 6.45) is -3.75. The molecule has 0 aromatic heterocycles. The summed E-state index contributed by atoms with van der Waals surface area (Å²) >= 11 is 0. The van der Waals surface area contributed by atoms with Gasteiger partial charge in [-0.2, -0.15) is 13.2 Å². The molecule has 0 aliphatic heterocycles. The van der Waals surface area contributed by atoms with Crippen molar-refractivity contribution in [2.24, 2.45) is 5.92 Å². The third kappa shape index (κ3) is 5.12. The van der Waals surface area contributed by atoms with Gasteiger partial charge < -0.3 is 4.74 Å². The summed E-state index contributed by atoms with van der Waals surface area (Å²) in [6, 6.07) is 15.6. The molecule has 0 saturated heterocycles. The Labute approximate surface area is 194 Å². The topological polar surface area (TPSA) is 75.6 Å². The molecule has 4 rings (SSSR count). The minimum absolute atomic E-state index is 0.0747. The maximum absolute atomic E-state index is 13.2. The van der Waals surface area contributed by atoms with Gasteiger partial charge in [-0.1, -0.05) is 23.8 Å². The van der Waals surface area contributed by atoms with Crippen molar-refractivity contribution in [3.8, 4) is 5.75 Å². The van der Waals surface area contributed by atoms with Crippen molar-refractivity contribution in [1.82, 2.24) is 5.48 Å². The lowest BCUT2D eigenvalue weighted by molar-refractivity contribution is -0.137. The molecule has 1 aliphatic carbocycles. The minimum atomic E-state index is -4.43. The van der Waals surface area contributed by atoms with Crippen LogP contribution in [-0.4, -0.2) is 16.9 Å². The average molecular weight is 469 g/mol. The smallest absolute Gasteiger partial charge is 0.416 e. The molecule has 176 valence electrons. The van der Waals surface area contributed by atoms with Crippen LogP contribution in [0.4, 0.5) is 13.2 Å². The molecule has 3 aromatic carbocycles. The molecule has 34 heavy (non-hydrogen) atoms. The molecular formula is C26H22F3NO4. The van der Waals surface area contributed by atoms with Crippen LogP contribution in [0.25, 0.3) is 0 Å². The third-order valence-electron chi connectivity index (χ3n) is 5.85. The van der Waals surface area contributed by atoms with Crippen LogP contribution in [0.3, 0.4) is 0 Å². The first-order valence-corrected chi connectivity index (χ1v) is 10.6. The van der Waals surface area contributed by atoms with E-state index < -0.39 is 23.6 Å². The fourth-order valence-corrected chi connectivity index (χ4v) is 4.22. The Bertz CT molecular complexity index is 1240. The van der Waals surface area contributed by atoms with E-state index in [1.54, 1.807) is 60.9 Å². The fourth-order valence-electron chi connectivity index (χ4n) is 4.22. The monoisotopic (exact) mass is 469 g/mol. The van der Waals surface area contributed by atoms with Crippen LogP contribution in [-0.2, 0) is 25.6 Å². The van der Waals surface area contributed by atoms with Crippen LogP contribution in [0.2, 0.25) is 0 Å². The van der Waals surface area contributed by atoms with Crippen LogP contribution >= 0.6 is 0 Å². The van der Waals surface area contributed by atoms with Gasteiger partial charge in [0.05, 0.1) is 5.56 Å². The van der Waals surface area contributed by atoms with E-state index in [0.29, 0.717) is 34.4 Å². The Kier molecular flexibility index (Phi) is 6.43. The van der Waals surface area contributed by atoms with E-state index in [2.05, 4.69) is 0 Å². The number of alkyl halides is 3. The number of benzene rings is 3. The van der Waals surface area contributed by atoms with E-state index in [4.69, 9.17) is 9.94 Å². The number of amides is 1. The standard InChI is InChI=1S/C26H22F3NO4/c1-15-8-17(11-21(9-15)26(27,28)29)10-20-12-19-13-22(6-7-23(19)24(20)31)34-14-16-2-4-18(5-3-16)25(32)30-33/h2-9,11,13,20,33H,10,12,14H2,1H3,(H,30,32). The number of nitrogens with one attached hydrogen (secondary N) is 1. The molecule has 0 radical (unpaired) electrons. The molecular weight excluding hydrogens is 447 g/mol. The van der Waals surface area contributed by atoms with Crippen LogP contribution in [0.1, 0.15) is 48.5 Å². The summed E-state index contributed by atoms with van der Waals surface area (Å²) in [5, 5.41) is 8.67. The predicted molar refractivity (Wildman–Crippen MR) is 118 cm³/mol. The van der Waals surface area contributed by atoms with Crippen molar-refractivity contribution in [1.29, 1.82) is 0 Å². The van der Waals surface area contributed by atoms with Crippen molar-refractivity contribution in [3.63, 3.8) is 0 Å². The lowest BCUT2D eigenvalue weighted by Gasteiger charge is -2.13. The first-order chi connectivity index (χ1) is 16.1. The zero-order valence-electron chi connectivity index (χ0n) is 18.3. The molecule has 0 fully saturated rings. The molecule has 3 aromatic rings. The molecule has 1 unspecified atom stereocenters. The molecule has 1 amide bonds. The second-order valence-electron chi connectivity index (χ2n) is 8.42. The Balaban J connectivity index is 1.43. The fraction of sp³-hybridized carbons (Fsp3) is 0.231. The van der Waals surface area contributed by atoms with E-state index in [-0.39, 0.29) is 18.8 Å². The number of carbonyl (C=O) groups is 2. The summed E-state index contributed by atoms with van der Waals surface area (Å²) in [5.74, 6) is -0.530. The minimum Gasteiger partial charge on any atom is -0.489 e. The molecule has 8 heteroatoms. The van der Waals surface area contributed by atoms with Crippen molar-refractivity contribution in [2.75, 3.05) is 0 Å². The summed E-state index contributed by atoms with van der Waals surface area (Å²) < 4.78 is 45.3. The maximum atomic E-state index is 13.2. The molecule has 0 spiro atoms. The van der Waals surface area contributed by atoms with Crippen molar-refractivity contribution in [3.05, 3.63) is 99.6 Å². The predicted octanol–water partition coefficient (Wildman–Crippen LogP) is 5.31. The zero-order valence-corrected chi connectivity index (χ0v) is 18.3. The number of ketones is 1. The number of halogens is 3. The van der Waals surface area contributed by atoms with Crippen LogP contribution in [0.15, 0.2) is 60.7 Å². The molecule has 0 saturated carbocycles. The van der Waals surface area contributed by atoms with Crippen molar-refractivity contribution < 1.29 is 32.7 Å². The highest BCUT2D eigenvalue weighted by Gasteiger charge is 2.33. The lowest BCUT2D eigenvalue weighted by atomic mass is 9.93. The number of carbonyl (C=O) groups excluding carboxylic acids is 2. The number of aryl methyl sites for hydroxylation is 1. The highest BCUT2D eigenvalue weighted by Crippen LogP contribution is 2.34. The lowest BCUT2D eigenvalue weighted by Crippen LogP contribution is -2.18. The van der Waals surface area contributed by atoms with Gasteiger partial charge in [-0.25, -0.2) is 5.48 Å². The van der Waals surface area contributed by atoms with Crippen molar-refractivity contribution in [2.45, 2.75) is 32.5 Å². The summed E-state index contributed by atoms with van der Waals surface area (Å²) in [6.45, 7) is 1.85. The number of ether oxygens (including phenoxy) is 1. The normalized spacial score (nSPS) is 15.2. The van der Waals surface area contributed by atoms with Gasteiger partial charge in [-0.15, -0.1) is 0 Å². The van der Waals surface area contributed by atoms with Gasteiger partial charge in [0.25, 0.3) is 5.91 Å². The maximum Gasteiger partial charge on any atom is 0.416 e. The first kappa shape index (κ1) is 23.5. The van der Waals surface area contributed by atoms with Gasteiger partial charge in [-0.05, 0) is 78.9 Å². The largest absolute Gasteiger partial charge is 0.489 e. The Hall–Kier alpha value is -3.65. The second kappa shape index (κ2) is 9.30. The third-order valence-corrected chi connectivity index (χ3v) is 5.85. The molecule has 0 bridgehead atoms. The molecule has 2 N–H and O–H groups in total.